The number of halogens is 1. The van der Waals surface area contributed by atoms with Crippen molar-refractivity contribution in [2.75, 3.05) is 13.2 Å². The standard InChI is InChI=1S/C18H31FN4O/c1-10-5-6-13(19)12-7-15(22-16(10)12)18(24)23-14-4-2-3-11-8-20-9-21-17(11)14/h10-17,20-22H,2-9H2,1H3,(H,23,24). The van der Waals surface area contributed by atoms with Gasteiger partial charge in [-0.25, -0.2) is 4.39 Å². The molecule has 2 aliphatic heterocycles. The predicted octanol–water partition coefficient (Wildman–Crippen LogP) is 0.905. The van der Waals surface area contributed by atoms with Crippen molar-refractivity contribution in [2.24, 2.45) is 17.8 Å². The Morgan fingerprint density at radius 3 is 2.88 bits per heavy atom. The lowest BCUT2D eigenvalue weighted by atomic mass is 9.77. The summed E-state index contributed by atoms with van der Waals surface area (Å²) >= 11 is 0. The van der Waals surface area contributed by atoms with E-state index in [-0.39, 0.29) is 30.0 Å². The van der Waals surface area contributed by atoms with Gasteiger partial charge >= 0.3 is 0 Å². The third-order valence-corrected chi connectivity index (χ3v) is 6.88. The first-order valence-electron chi connectivity index (χ1n) is 9.78. The molecule has 4 rings (SSSR count). The largest absolute Gasteiger partial charge is 0.350 e. The smallest absolute Gasteiger partial charge is 0.237 e. The van der Waals surface area contributed by atoms with Crippen LogP contribution in [0.5, 0.6) is 0 Å². The van der Waals surface area contributed by atoms with Crippen molar-refractivity contribution in [3.63, 3.8) is 0 Å². The van der Waals surface area contributed by atoms with Crippen molar-refractivity contribution < 1.29 is 9.18 Å². The Labute approximate surface area is 143 Å². The summed E-state index contributed by atoms with van der Waals surface area (Å²) in [6.45, 7) is 4.04. The van der Waals surface area contributed by atoms with E-state index in [4.69, 9.17) is 0 Å². The Morgan fingerprint density at radius 2 is 2.04 bits per heavy atom. The molecule has 2 aliphatic carbocycles. The molecule has 0 aromatic rings. The second-order valence-corrected chi connectivity index (χ2v) is 8.38. The number of alkyl halides is 1. The Kier molecular flexibility index (Phi) is 4.80. The fourth-order valence-corrected chi connectivity index (χ4v) is 5.52. The average Bonchev–Trinajstić information content (AvgIpc) is 3.05. The molecule has 136 valence electrons. The third kappa shape index (κ3) is 3.08. The molecule has 1 amide bonds. The molecule has 2 saturated heterocycles. The zero-order valence-electron chi connectivity index (χ0n) is 14.6. The molecule has 8 atom stereocenters. The molecule has 4 aliphatic rings. The van der Waals surface area contributed by atoms with Crippen molar-refractivity contribution in [3.8, 4) is 0 Å². The molecule has 24 heavy (non-hydrogen) atoms. The summed E-state index contributed by atoms with van der Waals surface area (Å²) in [6, 6.07) is 0.531. The second-order valence-electron chi connectivity index (χ2n) is 8.38. The second kappa shape index (κ2) is 6.89. The lowest BCUT2D eigenvalue weighted by Crippen LogP contribution is -2.63. The van der Waals surface area contributed by atoms with Crippen LogP contribution >= 0.6 is 0 Å². The van der Waals surface area contributed by atoms with Crippen molar-refractivity contribution in [1.82, 2.24) is 21.3 Å². The normalized spacial score (nSPS) is 48.4. The van der Waals surface area contributed by atoms with Crippen LogP contribution in [0.3, 0.4) is 0 Å². The molecule has 2 heterocycles. The third-order valence-electron chi connectivity index (χ3n) is 6.88. The van der Waals surface area contributed by atoms with Gasteiger partial charge in [-0.2, -0.15) is 0 Å². The van der Waals surface area contributed by atoms with Crippen LogP contribution in [0.15, 0.2) is 0 Å². The van der Waals surface area contributed by atoms with Crippen LogP contribution in [0.2, 0.25) is 0 Å². The number of carbonyl (C=O) groups is 1. The highest BCUT2D eigenvalue weighted by molar-refractivity contribution is 5.82. The highest BCUT2D eigenvalue weighted by atomic mass is 19.1. The summed E-state index contributed by atoms with van der Waals surface area (Å²) in [5, 5.41) is 13.6. The topological polar surface area (TPSA) is 65.2 Å². The van der Waals surface area contributed by atoms with Crippen LogP contribution in [-0.2, 0) is 4.79 Å². The first-order valence-corrected chi connectivity index (χ1v) is 9.78. The van der Waals surface area contributed by atoms with Gasteiger partial charge in [0.05, 0.1) is 6.04 Å². The monoisotopic (exact) mass is 338 g/mol. The van der Waals surface area contributed by atoms with E-state index in [0.29, 0.717) is 30.7 Å². The first-order chi connectivity index (χ1) is 11.6. The quantitative estimate of drug-likeness (QED) is 0.604. The molecule has 0 aromatic heterocycles. The SMILES string of the molecule is CC1CCC(F)C2CC(C(=O)NC3CCCC4CNCNC43)NC12. The minimum atomic E-state index is -0.748. The minimum absolute atomic E-state index is 0.0145. The van der Waals surface area contributed by atoms with Gasteiger partial charge in [0.2, 0.25) is 5.91 Å². The van der Waals surface area contributed by atoms with Gasteiger partial charge in [0.15, 0.2) is 0 Å². The van der Waals surface area contributed by atoms with Gasteiger partial charge in [0, 0.05) is 37.3 Å². The van der Waals surface area contributed by atoms with E-state index in [1.807, 2.05) is 0 Å². The van der Waals surface area contributed by atoms with E-state index < -0.39 is 6.17 Å². The predicted molar refractivity (Wildman–Crippen MR) is 91.2 cm³/mol. The maximum absolute atomic E-state index is 14.2. The van der Waals surface area contributed by atoms with Crippen molar-refractivity contribution in [1.29, 1.82) is 0 Å². The Bertz CT molecular complexity index is 456. The van der Waals surface area contributed by atoms with E-state index in [0.717, 1.165) is 26.1 Å². The van der Waals surface area contributed by atoms with Crippen molar-refractivity contribution >= 4 is 5.91 Å². The van der Waals surface area contributed by atoms with Crippen molar-refractivity contribution in [3.05, 3.63) is 0 Å². The molecular formula is C18H31FN4O. The van der Waals surface area contributed by atoms with Crippen LogP contribution < -0.4 is 21.3 Å². The summed E-state index contributed by atoms with van der Waals surface area (Å²) in [4.78, 5) is 12.8. The molecule has 0 spiro atoms. The fourth-order valence-electron chi connectivity index (χ4n) is 5.52. The number of amides is 1. The number of nitrogens with one attached hydrogen (secondary N) is 4. The maximum Gasteiger partial charge on any atom is 0.237 e. The number of rotatable bonds is 2. The van der Waals surface area contributed by atoms with Crippen LogP contribution in [0.4, 0.5) is 4.39 Å². The summed E-state index contributed by atoms with van der Waals surface area (Å²) in [6.07, 6.45) is 4.92. The molecule has 0 aromatic carbocycles. The zero-order chi connectivity index (χ0) is 16.7. The lowest BCUT2D eigenvalue weighted by Gasteiger charge is -2.42. The van der Waals surface area contributed by atoms with Crippen LogP contribution in [-0.4, -0.2) is 49.5 Å². The highest BCUT2D eigenvalue weighted by Crippen LogP contribution is 2.38. The zero-order valence-corrected chi connectivity index (χ0v) is 14.6. The van der Waals surface area contributed by atoms with Gasteiger partial charge < -0.3 is 16.0 Å². The van der Waals surface area contributed by atoms with Gasteiger partial charge in [-0.05, 0) is 43.9 Å². The van der Waals surface area contributed by atoms with Gasteiger partial charge in [-0.1, -0.05) is 13.3 Å². The molecule has 0 bridgehead atoms. The fraction of sp³-hybridized carbons (Fsp3) is 0.944. The summed E-state index contributed by atoms with van der Waals surface area (Å²) < 4.78 is 14.2. The summed E-state index contributed by atoms with van der Waals surface area (Å²) in [7, 11) is 0. The van der Waals surface area contributed by atoms with Gasteiger partial charge in [-0.3, -0.25) is 10.1 Å². The average molecular weight is 338 g/mol. The molecular weight excluding hydrogens is 307 g/mol. The maximum atomic E-state index is 14.2. The summed E-state index contributed by atoms with van der Waals surface area (Å²) in [5.74, 6) is 1.16. The minimum Gasteiger partial charge on any atom is -0.350 e. The molecule has 4 N–H and O–H groups in total. The van der Waals surface area contributed by atoms with Crippen molar-refractivity contribution in [2.45, 2.75) is 75.8 Å². The van der Waals surface area contributed by atoms with E-state index in [9.17, 15) is 9.18 Å². The van der Waals surface area contributed by atoms with Crippen LogP contribution in [0, 0.1) is 17.8 Å². The lowest BCUT2D eigenvalue weighted by molar-refractivity contribution is -0.124. The molecule has 4 fully saturated rings. The molecule has 8 unspecified atom stereocenters. The first kappa shape index (κ1) is 16.7. The Balaban J connectivity index is 1.38. The Morgan fingerprint density at radius 1 is 1.17 bits per heavy atom. The number of carbonyl (C=O) groups excluding carboxylic acids is 1. The van der Waals surface area contributed by atoms with E-state index in [1.54, 1.807) is 0 Å². The van der Waals surface area contributed by atoms with Crippen LogP contribution in [0.25, 0.3) is 0 Å². The van der Waals surface area contributed by atoms with E-state index >= 15 is 0 Å². The number of hydrogen-bond donors (Lipinski definition) is 4. The van der Waals surface area contributed by atoms with Crippen LogP contribution in [0.1, 0.15) is 45.4 Å². The van der Waals surface area contributed by atoms with Gasteiger partial charge in [-0.15, -0.1) is 0 Å². The molecule has 5 nitrogen and oxygen atoms in total. The van der Waals surface area contributed by atoms with E-state index in [1.165, 1.54) is 12.8 Å². The Hall–Kier alpha value is -0.720. The number of hydrogen-bond acceptors (Lipinski definition) is 4. The summed E-state index contributed by atoms with van der Waals surface area (Å²) in [5.41, 5.74) is 0. The number of fused-ring (bicyclic) bond motifs is 2. The van der Waals surface area contributed by atoms with Gasteiger partial charge in [0.25, 0.3) is 0 Å². The van der Waals surface area contributed by atoms with E-state index in [2.05, 4.69) is 28.2 Å². The molecule has 2 saturated carbocycles. The van der Waals surface area contributed by atoms with Gasteiger partial charge in [0.1, 0.15) is 6.17 Å². The molecule has 6 heteroatoms. The highest BCUT2D eigenvalue weighted by Gasteiger charge is 2.47. The molecule has 0 radical (unpaired) electrons.